The van der Waals surface area contributed by atoms with Crippen molar-refractivity contribution in [1.29, 1.82) is 0 Å². The summed E-state index contributed by atoms with van der Waals surface area (Å²) in [4.78, 5) is 11.5. The van der Waals surface area contributed by atoms with E-state index in [0.29, 0.717) is 18.8 Å². The molecule has 1 aromatic rings. The van der Waals surface area contributed by atoms with E-state index in [1.54, 1.807) is 0 Å². The van der Waals surface area contributed by atoms with Crippen molar-refractivity contribution < 1.29 is 9.53 Å². The Balaban J connectivity index is 2.35. The van der Waals surface area contributed by atoms with Crippen LogP contribution in [0.25, 0.3) is 0 Å². The third kappa shape index (κ3) is 5.54. The van der Waals surface area contributed by atoms with Gasteiger partial charge in [-0.05, 0) is 37.8 Å². The summed E-state index contributed by atoms with van der Waals surface area (Å²) in [5.74, 6) is 1.29. The molecule has 112 valence electrons. The molecule has 0 bridgehead atoms. The number of unbranched alkanes of at least 4 members (excludes halogenated alkanes) is 2. The summed E-state index contributed by atoms with van der Waals surface area (Å²) >= 11 is 6.31. The lowest BCUT2D eigenvalue weighted by molar-refractivity contribution is -0.122. The molecular formula is C17H25ClO2. The van der Waals surface area contributed by atoms with Crippen molar-refractivity contribution in [3.63, 3.8) is 0 Å². The molecule has 0 aromatic heterocycles. The van der Waals surface area contributed by atoms with Gasteiger partial charge in [0.1, 0.15) is 11.5 Å². The lowest BCUT2D eigenvalue weighted by Gasteiger charge is -2.10. The SMILES string of the molecule is CCOc1cccc(CCCCCC(=O)C(C)C)c1Cl. The Labute approximate surface area is 127 Å². The summed E-state index contributed by atoms with van der Waals surface area (Å²) in [6.45, 7) is 6.50. The molecule has 0 heterocycles. The van der Waals surface area contributed by atoms with Gasteiger partial charge in [-0.15, -0.1) is 0 Å². The summed E-state index contributed by atoms with van der Waals surface area (Å²) in [5, 5.41) is 0.729. The second kappa shape index (κ2) is 9.02. The Morgan fingerprint density at radius 1 is 1.25 bits per heavy atom. The third-order valence-electron chi connectivity index (χ3n) is 3.36. The summed E-state index contributed by atoms with van der Waals surface area (Å²) in [6.07, 6.45) is 4.73. The molecule has 0 saturated carbocycles. The number of halogens is 1. The molecule has 0 radical (unpaired) electrons. The van der Waals surface area contributed by atoms with E-state index in [-0.39, 0.29) is 5.92 Å². The maximum Gasteiger partial charge on any atom is 0.138 e. The number of hydrogen-bond donors (Lipinski definition) is 0. The molecule has 0 fully saturated rings. The minimum atomic E-state index is 0.160. The van der Waals surface area contributed by atoms with E-state index in [0.717, 1.165) is 42.0 Å². The number of ether oxygens (including phenoxy) is 1. The highest BCUT2D eigenvalue weighted by Crippen LogP contribution is 2.29. The summed E-state index contributed by atoms with van der Waals surface area (Å²) in [5.41, 5.74) is 1.13. The van der Waals surface area contributed by atoms with Gasteiger partial charge < -0.3 is 4.74 Å². The van der Waals surface area contributed by atoms with Crippen LogP contribution in [-0.4, -0.2) is 12.4 Å². The number of benzene rings is 1. The maximum atomic E-state index is 11.5. The molecule has 0 unspecified atom stereocenters. The van der Waals surface area contributed by atoms with Crippen molar-refractivity contribution in [3.05, 3.63) is 28.8 Å². The molecule has 3 heteroatoms. The molecule has 20 heavy (non-hydrogen) atoms. The maximum absolute atomic E-state index is 11.5. The zero-order chi connectivity index (χ0) is 15.0. The molecule has 0 aliphatic heterocycles. The van der Waals surface area contributed by atoms with Gasteiger partial charge in [0.05, 0.1) is 11.6 Å². The summed E-state index contributed by atoms with van der Waals surface area (Å²) < 4.78 is 5.49. The first-order valence-electron chi connectivity index (χ1n) is 7.49. The number of carbonyl (C=O) groups excluding carboxylic acids is 1. The van der Waals surface area contributed by atoms with Crippen molar-refractivity contribution in [2.75, 3.05) is 6.61 Å². The van der Waals surface area contributed by atoms with E-state index in [1.807, 2.05) is 39.0 Å². The third-order valence-corrected chi connectivity index (χ3v) is 3.79. The quantitative estimate of drug-likeness (QED) is 0.595. The smallest absolute Gasteiger partial charge is 0.138 e. The second-order valence-corrected chi connectivity index (χ2v) is 5.72. The van der Waals surface area contributed by atoms with E-state index < -0.39 is 0 Å². The molecule has 1 rings (SSSR count). The summed E-state index contributed by atoms with van der Waals surface area (Å²) in [7, 11) is 0. The van der Waals surface area contributed by atoms with Crippen LogP contribution in [0.15, 0.2) is 18.2 Å². The predicted octanol–water partition coefficient (Wildman–Crippen LogP) is 5.07. The topological polar surface area (TPSA) is 26.3 Å². The number of Topliss-reactive ketones (excluding diaryl/α,β-unsaturated/α-hetero) is 1. The van der Waals surface area contributed by atoms with E-state index in [4.69, 9.17) is 16.3 Å². The van der Waals surface area contributed by atoms with Gasteiger partial charge in [0.2, 0.25) is 0 Å². The van der Waals surface area contributed by atoms with Crippen LogP contribution in [0, 0.1) is 5.92 Å². The van der Waals surface area contributed by atoms with Crippen molar-refractivity contribution in [2.24, 2.45) is 5.92 Å². The van der Waals surface area contributed by atoms with Crippen molar-refractivity contribution in [1.82, 2.24) is 0 Å². The van der Waals surface area contributed by atoms with Crippen LogP contribution in [0.4, 0.5) is 0 Å². The van der Waals surface area contributed by atoms with Crippen LogP contribution in [-0.2, 0) is 11.2 Å². The number of rotatable bonds is 9. The van der Waals surface area contributed by atoms with Gasteiger partial charge in [-0.1, -0.05) is 44.0 Å². The van der Waals surface area contributed by atoms with Crippen LogP contribution in [0.3, 0.4) is 0 Å². The fourth-order valence-electron chi connectivity index (χ4n) is 2.10. The fourth-order valence-corrected chi connectivity index (χ4v) is 2.37. The Morgan fingerprint density at radius 3 is 2.65 bits per heavy atom. The average Bonchev–Trinajstić information content (AvgIpc) is 2.42. The first-order valence-corrected chi connectivity index (χ1v) is 7.87. The number of hydrogen-bond acceptors (Lipinski definition) is 2. The van der Waals surface area contributed by atoms with Crippen LogP contribution in [0.5, 0.6) is 5.75 Å². The van der Waals surface area contributed by atoms with E-state index in [2.05, 4.69) is 0 Å². The minimum absolute atomic E-state index is 0.160. The molecule has 1 aromatic carbocycles. The molecule has 0 aliphatic rings. The Kier molecular flexibility index (Phi) is 7.68. The Hall–Kier alpha value is -1.02. The first kappa shape index (κ1) is 17.0. The Bertz CT molecular complexity index is 427. The Morgan fingerprint density at radius 2 is 2.00 bits per heavy atom. The molecule has 0 aliphatic carbocycles. The van der Waals surface area contributed by atoms with E-state index in [1.165, 1.54) is 0 Å². The molecule has 0 atom stereocenters. The standard InChI is InChI=1S/C17H25ClO2/c1-4-20-16-12-8-10-14(17(16)18)9-6-5-7-11-15(19)13(2)3/h8,10,12-13H,4-7,9,11H2,1-3H3. The largest absolute Gasteiger partial charge is 0.492 e. The van der Waals surface area contributed by atoms with Crippen LogP contribution in [0.1, 0.15) is 52.0 Å². The number of aryl methyl sites for hydroxylation is 1. The predicted molar refractivity (Wildman–Crippen MR) is 84.6 cm³/mol. The molecule has 0 spiro atoms. The molecule has 0 saturated heterocycles. The lowest BCUT2D eigenvalue weighted by Crippen LogP contribution is -2.06. The lowest BCUT2D eigenvalue weighted by atomic mass is 10.0. The van der Waals surface area contributed by atoms with Crippen molar-refractivity contribution in [3.8, 4) is 5.75 Å². The molecule has 0 amide bonds. The van der Waals surface area contributed by atoms with Gasteiger partial charge >= 0.3 is 0 Å². The van der Waals surface area contributed by atoms with Gasteiger partial charge in [0, 0.05) is 12.3 Å². The van der Waals surface area contributed by atoms with E-state index >= 15 is 0 Å². The van der Waals surface area contributed by atoms with Gasteiger partial charge in [-0.25, -0.2) is 0 Å². The minimum Gasteiger partial charge on any atom is -0.492 e. The highest BCUT2D eigenvalue weighted by Gasteiger charge is 2.08. The van der Waals surface area contributed by atoms with Gasteiger partial charge in [0.15, 0.2) is 0 Å². The highest BCUT2D eigenvalue weighted by atomic mass is 35.5. The van der Waals surface area contributed by atoms with Gasteiger partial charge in [-0.3, -0.25) is 4.79 Å². The second-order valence-electron chi connectivity index (χ2n) is 5.34. The summed E-state index contributed by atoms with van der Waals surface area (Å²) in [6, 6.07) is 5.93. The fraction of sp³-hybridized carbons (Fsp3) is 0.588. The average molecular weight is 297 g/mol. The van der Waals surface area contributed by atoms with E-state index in [9.17, 15) is 4.79 Å². The molecule has 2 nitrogen and oxygen atoms in total. The number of ketones is 1. The van der Waals surface area contributed by atoms with Crippen molar-refractivity contribution >= 4 is 17.4 Å². The number of carbonyl (C=O) groups is 1. The van der Waals surface area contributed by atoms with Gasteiger partial charge in [-0.2, -0.15) is 0 Å². The monoisotopic (exact) mass is 296 g/mol. The normalized spacial score (nSPS) is 10.8. The van der Waals surface area contributed by atoms with Gasteiger partial charge in [0.25, 0.3) is 0 Å². The highest BCUT2D eigenvalue weighted by molar-refractivity contribution is 6.32. The van der Waals surface area contributed by atoms with Crippen molar-refractivity contribution in [2.45, 2.75) is 52.9 Å². The molecule has 0 N–H and O–H groups in total. The zero-order valence-corrected chi connectivity index (χ0v) is 13.5. The van der Waals surface area contributed by atoms with Crippen LogP contribution in [0.2, 0.25) is 5.02 Å². The zero-order valence-electron chi connectivity index (χ0n) is 12.7. The first-order chi connectivity index (χ1) is 9.56. The molecular weight excluding hydrogens is 272 g/mol. The van der Waals surface area contributed by atoms with Crippen LogP contribution < -0.4 is 4.74 Å². The van der Waals surface area contributed by atoms with Crippen LogP contribution >= 0.6 is 11.6 Å².